The number of anilines is 1. The summed E-state index contributed by atoms with van der Waals surface area (Å²) < 4.78 is 16.2. The van der Waals surface area contributed by atoms with Crippen LogP contribution in [0.3, 0.4) is 0 Å². The minimum atomic E-state index is -0.807. The third-order valence-corrected chi connectivity index (χ3v) is 9.82. The minimum Gasteiger partial charge on any atom is -0.508 e. The topological polar surface area (TPSA) is 184 Å². The van der Waals surface area contributed by atoms with Crippen molar-refractivity contribution < 1.29 is 38.6 Å². The number of piperazine rings is 1. The van der Waals surface area contributed by atoms with Crippen LogP contribution in [0.5, 0.6) is 11.5 Å². The van der Waals surface area contributed by atoms with Crippen LogP contribution in [0.15, 0.2) is 53.3 Å². The van der Waals surface area contributed by atoms with Crippen molar-refractivity contribution in [1.82, 2.24) is 30.2 Å². The number of carbonyl (C=O) groups is 3. The van der Waals surface area contributed by atoms with Crippen LogP contribution in [-0.4, -0.2) is 119 Å². The molecule has 2 amide bonds. The number of nitrogens with one attached hydrogen (secondary N) is 1. The van der Waals surface area contributed by atoms with Gasteiger partial charge in [-0.15, -0.1) is 0 Å². The first-order valence-electron chi connectivity index (χ1n) is 18.1. The fraction of sp³-hybridized carbons (Fsp3) is 0.436. The van der Waals surface area contributed by atoms with Gasteiger partial charge in [0.2, 0.25) is 5.95 Å². The Morgan fingerprint density at radius 3 is 2.19 bits per heavy atom. The maximum Gasteiger partial charge on any atom is 0.328 e. The molecule has 4 aromatic rings. The maximum atomic E-state index is 14.2. The Morgan fingerprint density at radius 2 is 1.57 bits per heavy atom. The highest BCUT2D eigenvalue weighted by atomic mass is 16.5. The van der Waals surface area contributed by atoms with Gasteiger partial charge in [0.25, 0.3) is 11.8 Å². The van der Waals surface area contributed by atoms with Crippen molar-refractivity contribution in [1.29, 1.82) is 0 Å². The lowest BCUT2D eigenvalue weighted by atomic mass is 9.93. The summed E-state index contributed by atoms with van der Waals surface area (Å²) in [6.45, 7) is 12.9. The van der Waals surface area contributed by atoms with E-state index in [1.807, 2.05) is 56.9 Å². The molecule has 3 N–H and O–H groups in total. The molecule has 0 unspecified atom stereocenters. The first kappa shape index (κ1) is 38.2. The van der Waals surface area contributed by atoms with Gasteiger partial charge in [-0.3, -0.25) is 14.5 Å². The Kier molecular flexibility index (Phi) is 11.8. The molecule has 2 fully saturated rings. The van der Waals surface area contributed by atoms with Crippen molar-refractivity contribution in [3.8, 4) is 33.9 Å². The van der Waals surface area contributed by atoms with E-state index in [2.05, 4.69) is 25.3 Å². The number of esters is 1. The summed E-state index contributed by atoms with van der Waals surface area (Å²) in [5.74, 6) is -1.19. The number of phenolic OH excluding ortho intramolecular Hbond substituents is 2. The fourth-order valence-corrected chi connectivity index (χ4v) is 6.63. The van der Waals surface area contributed by atoms with Gasteiger partial charge in [0.1, 0.15) is 17.5 Å². The number of ether oxygens (including phenoxy) is 2. The Morgan fingerprint density at radius 1 is 0.907 bits per heavy atom. The summed E-state index contributed by atoms with van der Waals surface area (Å²) in [4.78, 5) is 53.8. The van der Waals surface area contributed by atoms with Crippen LogP contribution in [0.1, 0.15) is 65.6 Å². The van der Waals surface area contributed by atoms with Crippen LogP contribution in [0.4, 0.5) is 5.95 Å². The van der Waals surface area contributed by atoms with Crippen LogP contribution in [0, 0.1) is 5.92 Å². The molecule has 2 saturated heterocycles. The number of nitrogens with zero attached hydrogens (tertiary/aromatic N) is 6. The Bertz CT molecular complexity index is 1950. The molecule has 0 spiro atoms. The number of aromatic hydroxyl groups is 2. The minimum absolute atomic E-state index is 0.0332. The molecule has 1 atom stereocenters. The predicted octanol–water partition coefficient (Wildman–Crippen LogP) is 4.06. The smallest absolute Gasteiger partial charge is 0.328 e. The fourth-order valence-electron chi connectivity index (χ4n) is 6.63. The molecule has 286 valence electrons. The summed E-state index contributed by atoms with van der Waals surface area (Å²) in [5, 5.41) is 28.5. The monoisotopic (exact) mass is 741 g/mol. The van der Waals surface area contributed by atoms with Crippen molar-refractivity contribution in [2.45, 2.75) is 46.2 Å². The van der Waals surface area contributed by atoms with Crippen molar-refractivity contribution in [3.63, 3.8) is 0 Å². The van der Waals surface area contributed by atoms with E-state index in [0.29, 0.717) is 67.6 Å². The second-order valence-electron chi connectivity index (χ2n) is 14.2. The lowest BCUT2D eigenvalue weighted by Crippen LogP contribution is -2.49. The number of phenols is 2. The van der Waals surface area contributed by atoms with Crippen molar-refractivity contribution in [2.24, 2.45) is 5.92 Å². The molecule has 15 nitrogen and oxygen atoms in total. The van der Waals surface area contributed by atoms with Crippen LogP contribution in [0.2, 0.25) is 0 Å². The molecule has 54 heavy (non-hydrogen) atoms. The van der Waals surface area contributed by atoms with E-state index in [-0.39, 0.29) is 46.3 Å². The first-order valence-corrected chi connectivity index (χ1v) is 18.1. The van der Waals surface area contributed by atoms with E-state index in [4.69, 9.17) is 14.0 Å². The summed E-state index contributed by atoms with van der Waals surface area (Å²) in [7, 11) is 1.27. The third kappa shape index (κ3) is 8.31. The Balaban J connectivity index is 1.21. The van der Waals surface area contributed by atoms with Gasteiger partial charge in [-0.2, -0.15) is 0 Å². The molecule has 15 heteroatoms. The van der Waals surface area contributed by atoms with Gasteiger partial charge >= 0.3 is 5.97 Å². The van der Waals surface area contributed by atoms with Gasteiger partial charge in [-0.05, 0) is 34.6 Å². The molecule has 0 saturated carbocycles. The van der Waals surface area contributed by atoms with E-state index in [0.717, 1.165) is 25.2 Å². The number of hydrogen-bond acceptors (Lipinski definition) is 13. The number of benzene rings is 2. The number of aromatic nitrogens is 3. The largest absolute Gasteiger partial charge is 0.508 e. The molecular formula is C39H47N7O8. The number of amides is 2. The molecule has 6 rings (SSSR count). The lowest BCUT2D eigenvalue weighted by Gasteiger charge is -2.34. The molecule has 0 bridgehead atoms. The molecule has 2 aromatic heterocycles. The van der Waals surface area contributed by atoms with Crippen LogP contribution < -0.4 is 10.2 Å². The second kappa shape index (κ2) is 16.6. The standard InChI is InChI=1S/C39H47N7O8/c1-23(2)28-18-29(31(48)19-30(28)47)35-32(26-8-6-25(7-9-26)22-44-14-16-53-17-15-44)34(43-54-35)37(50)45-10-12-46(13-11-45)39-40-20-27(21-41-39)36(49)42-33(24(3)4)38(51)52-5/h6-9,18-21,23-24,33,47-48H,10-17,22H2,1-5H3,(H,42,49)/t33-/m1/s1. The highest BCUT2D eigenvalue weighted by Crippen LogP contribution is 2.43. The average Bonchev–Trinajstić information content (AvgIpc) is 3.61. The van der Waals surface area contributed by atoms with Gasteiger partial charge in [0, 0.05) is 64.3 Å². The highest BCUT2D eigenvalue weighted by Gasteiger charge is 2.32. The van der Waals surface area contributed by atoms with E-state index in [1.54, 1.807) is 11.0 Å². The third-order valence-electron chi connectivity index (χ3n) is 9.82. The van der Waals surface area contributed by atoms with E-state index in [9.17, 15) is 24.6 Å². The second-order valence-corrected chi connectivity index (χ2v) is 14.2. The molecule has 0 radical (unpaired) electrons. The summed E-state index contributed by atoms with van der Waals surface area (Å²) in [6.07, 6.45) is 2.81. The normalized spacial score (nSPS) is 15.8. The zero-order valence-electron chi connectivity index (χ0n) is 31.2. The van der Waals surface area contributed by atoms with Gasteiger partial charge in [-0.25, -0.2) is 14.8 Å². The molecule has 2 aromatic carbocycles. The van der Waals surface area contributed by atoms with Crippen LogP contribution in [-0.2, 0) is 20.8 Å². The van der Waals surface area contributed by atoms with Gasteiger partial charge in [0.05, 0.1) is 37.0 Å². The zero-order chi connectivity index (χ0) is 38.5. The van der Waals surface area contributed by atoms with E-state index >= 15 is 0 Å². The molecule has 4 heterocycles. The highest BCUT2D eigenvalue weighted by molar-refractivity contribution is 6.03. The molecular weight excluding hydrogens is 694 g/mol. The maximum absolute atomic E-state index is 14.2. The Hall–Kier alpha value is -5.54. The SMILES string of the molecule is COC(=O)[C@H](NC(=O)c1cnc(N2CCN(C(=O)c3noc(-c4cc(C(C)C)c(O)cc4O)c3-c3ccc(CN4CCOCC4)cc3)CC2)nc1)C(C)C. The number of morpholine rings is 1. The number of hydrogen-bond donors (Lipinski definition) is 3. The quantitative estimate of drug-likeness (QED) is 0.187. The van der Waals surface area contributed by atoms with Crippen molar-refractivity contribution in [2.75, 3.05) is 64.5 Å². The van der Waals surface area contributed by atoms with Gasteiger partial charge < -0.3 is 39.3 Å². The van der Waals surface area contributed by atoms with Gasteiger partial charge in [0.15, 0.2) is 11.5 Å². The molecule has 2 aliphatic heterocycles. The number of carbonyl (C=O) groups excluding carboxylic acids is 3. The van der Waals surface area contributed by atoms with E-state index < -0.39 is 17.9 Å². The van der Waals surface area contributed by atoms with Crippen molar-refractivity contribution >= 4 is 23.7 Å². The average molecular weight is 742 g/mol. The van der Waals surface area contributed by atoms with E-state index in [1.165, 1.54) is 25.6 Å². The first-order chi connectivity index (χ1) is 25.9. The summed E-state index contributed by atoms with van der Waals surface area (Å²) in [5.41, 5.74) is 3.49. The molecule has 0 aliphatic carbocycles. The van der Waals surface area contributed by atoms with Crippen LogP contribution >= 0.6 is 0 Å². The summed E-state index contributed by atoms with van der Waals surface area (Å²) >= 11 is 0. The molecule has 2 aliphatic rings. The zero-order valence-corrected chi connectivity index (χ0v) is 31.2. The lowest BCUT2D eigenvalue weighted by molar-refractivity contribution is -0.144. The van der Waals surface area contributed by atoms with Crippen molar-refractivity contribution in [3.05, 3.63) is 71.2 Å². The Labute approximate surface area is 313 Å². The predicted molar refractivity (Wildman–Crippen MR) is 199 cm³/mol. The van der Waals surface area contributed by atoms with Gasteiger partial charge in [-0.1, -0.05) is 57.1 Å². The number of rotatable bonds is 11. The summed E-state index contributed by atoms with van der Waals surface area (Å²) in [6, 6.07) is 10.0. The van der Waals surface area contributed by atoms with Crippen LogP contribution in [0.25, 0.3) is 22.5 Å². The number of methoxy groups -OCH3 is 1.